The molecule has 8 heteroatoms. The molecule has 0 radical (unpaired) electrons. The van der Waals surface area contributed by atoms with E-state index in [1.54, 1.807) is 24.4 Å². The van der Waals surface area contributed by atoms with Crippen molar-refractivity contribution in [3.8, 4) is 11.3 Å². The number of piperidine rings is 1. The summed E-state index contributed by atoms with van der Waals surface area (Å²) < 4.78 is 0. The van der Waals surface area contributed by atoms with Crippen LogP contribution in [0.25, 0.3) is 11.3 Å². The van der Waals surface area contributed by atoms with Gasteiger partial charge in [-0.25, -0.2) is 0 Å². The number of hydrogen-bond donors (Lipinski definition) is 3. The molecule has 2 amide bonds. The zero-order chi connectivity index (χ0) is 24.6. The largest absolute Gasteiger partial charge is 0.372 e. The lowest BCUT2D eigenvalue weighted by Crippen LogP contribution is -2.29. The average Bonchev–Trinajstić information content (AvgIpc) is 2.88. The minimum atomic E-state index is -0.376. The van der Waals surface area contributed by atoms with Gasteiger partial charge in [0.05, 0.1) is 5.69 Å². The molecule has 1 aliphatic rings. The zero-order valence-electron chi connectivity index (χ0n) is 20.0. The van der Waals surface area contributed by atoms with E-state index in [2.05, 4.69) is 25.5 Å². The van der Waals surface area contributed by atoms with Gasteiger partial charge in [-0.05, 0) is 74.6 Å². The minimum absolute atomic E-state index is 0.0486. The molecular formula is C27H31N5O3. The summed E-state index contributed by atoms with van der Waals surface area (Å²) in [6.45, 7) is 4.17. The zero-order valence-corrected chi connectivity index (χ0v) is 20.0. The quantitative estimate of drug-likeness (QED) is 0.432. The first kappa shape index (κ1) is 24.2. The highest BCUT2D eigenvalue weighted by Gasteiger charge is 2.14. The normalized spacial score (nSPS) is 13.3. The number of pyridine rings is 2. The maximum atomic E-state index is 12.8. The second kappa shape index (κ2) is 11.5. The highest BCUT2D eigenvalue weighted by Crippen LogP contribution is 2.22. The van der Waals surface area contributed by atoms with E-state index >= 15 is 0 Å². The molecule has 1 saturated heterocycles. The summed E-state index contributed by atoms with van der Waals surface area (Å²) in [7, 11) is 0. The van der Waals surface area contributed by atoms with Crippen LogP contribution in [-0.4, -0.2) is 41.4 Å². The van der Waals surface area contributed by atoms with Crippen LogP contribution in [0.5, 0.6) is 0 Å². The molecule has 35 heavy (non-hydrogen) atoms. The number of anilines is 2. The number of H-pyrrole nitrogens is 1. The van der Waals surface area contributed by atoms with Gasteiger partial charge >= 0.3 is 0 Å². The lowest BCUT2D eigenvalue weighted by molar-refractivity contribution is -0.118. The summed E-state index contributed by atoms with van der Waals surface area (Å²) >= 11 is 0. The Hall–Kier alpha value is -3.94. The summed E-state index contributed by atoms with van der Waals surface area (Å²) in [5.41, 5.74) is 3.69. The molecule has 1 aliphatic heterocycles. The van der Waals surface area contributed by atoms with Gasteiger partial charge in [0.15, 0.2) is 0 Å². The van der Waals surface area contributed by atoms with E-state index in [9.17, 15) is 14.4 Å². The molecule has 1 aromatic carbocycles. The summed E-state index contributed by atoms with van der Waals surface area (Å²) in [4.78, 5) is 45.9. The first-order valence-electron chi connectivity index (χ1n) is 12.1. The lowest BCUT2D eigenvalue weighted by Gasteiger charge is -2.28. The summed E-state index contributed by atoms with van der Waals surface area (Å²) in [5.74, 6) is -0.384. The molecule has 0 spiro atoms. The van der Waals surface area contributed by atoms with E-state index in [1.165, 1.54) is 26.2 Å². The number of aromatic nitrogens is 2. The summed E-state index contributed by atoms with van der Waals surface area (Å²) in [6.07, 6.45) is 6.73. The second-order valence-electron chi connectivity index (χ2n) is 8.78. The van der Waals surface area contributed by atoms with Crippen molar-refractivity contribution < 1.29 is 9.59 Å². The van der Waals surface area contributed by atoms with Crippen LogP contribution in [0, 0.1) is 0 Å². The molecule has 3 heterocycles. The van der Waals surface area contributed by atoms with Crippen molar-refractivity contribution in [2.45, 2.75) is 39.0 Å². The van der Waals surface area contributed by atoms with Crippen LogP contribution >= 0.6 is 0 Å². The SMILES string of the molecule is CC(=O)NCCCc1cccc(-c2c[nH]c(=O)c(NC(=O)c3ccc(N4CCCCC4)cc3)c2)n1. The number of carbonyl (C=O) groups excluding carboxylic acids is 2. The number of benzene rings is 1. The Labute approximate surface area is 204 Å². The molecule has 0 unspecified atom stereocenters. The standard InChI is InChI=1S/C27H31N5O3/c1-19(33)28-14-6-8-22-7-5-9-24(30-22)21-17-25(27(35)29-18-21)31-26(34)20-10-12-23(13-11-20)32-15-3-2-4-16-32/h5,7,9-13,17-18H,2-4,6,8,14-16H2,1H3,(H,28,33)(H,29,35)(H,31,34). The first-order chi connectivity index (χ1) is 17.0. The number of nitrogens with zero attached hydrogens (tertiary/aromatic N) is 2. The Morgan fingerprint density at radius 3 is 2.57 bits per heavy atom. The van der Waals surface area contributed by atoms with E-state index in [1.807, 2.05) is 30.3 Å². The highest BCUT2D eigenvalue weighted by atomic mass is 16.2. The monoisotopic (exact) mass is 473 g/mol. The molecule has 2 aromatic heterocycles. The van der Waals surface area contributed by atoms with Crippen molar-refractivity contribution in [1.82, 2.24) is 15.3 Å². The fourth-order valence-electron chi connectivity index (χ4n) is 4.21. The molecule has 3 aromatic rings. The van der Waals surface area contributed by atoms with Crippen LogP contribution in [0.3, 0.4) is 0 Å². The molecule has 182 valence electrons. The van der Waals surface area contributed by atoms with Crippen LogP contribution < -0.4 is 21.1 Å². The van der Waals surface area contributed by atoms with Gasteiger partial charge in [-0.1, -0.05) is 6.07 Å². The fraction of sp³-hybridized carbons (Fsp3) is 0.333. The molecule has 0 aliphatic carbocycles. The minimum Gasteiger partial charge on any atom is -0.372 e. The molecular weight excluding hydrogens is 442 g/mol. The number of aromatic amines is 1. The third kappa shape index (κ3) is 6.56. The molecule has 0 bridgehead atoms. The van der Waals surface area contributed by atoms with Crippen molar-refractivity contribution in [3.05, 3.63) is 76.3 Å². The fourth-order valence-corrected chi connectivity index (χ4v) is 4.21. The lowest BCUT2D eigenvalue weighted by atomic mass is 10.1. The van der Waals surface area contributed by atoms with Gasteiger partial charge in [-0.2, -0.15) is 0 Å². The number of rotatable bonds is 8. The van der Waals surface area contributed by atoms with Gasteiger partial charge in [0.25, 0.3) is 11.5 Å². The predicted octanol–water partition coefficient (Wildman–Crippen LogP) is 3.75. The van der Waals surface area contributed by atoms with Gasteiger partial charge in [0.2, 0.25) is 5.91 Å². The molecule has 4 rings (SSSR count). The smallest absolute Gasteiger partial charge is 0.271 e. The van der Waals surface area contributed by atoms with Gasteiger partial charge in [-0.15, -0.1) is 0 Å². The van der Waals surface area contributed by atoms with Crippen LogP contribution in [0.1, 0.15) is 48.7 Å². The predicted molar refractivity (Wildman–Crippen MR) is 138 cm³/mol. The van der Waals surface area contributed by atoms with Crippen molar-refractivity contribution in [1.29, 1.82) is 0 Å². The Kier molecular flexibility index (Phi) is 7.92. The average molecular weight is 474 g/mol. The number of hydrogen-bond acceptors (Lipinski definition) is 5. The third-order valence-electron chi connectivity index (χ3n) is 6.09. The highest BCUT2D eigenvalue weighted by molar-refractivity contribution is 6.04. The van der Waals surface area contributed by atoms with Crippen LogP contribution in [0.4, 0.5) is 11.4 Å². The van der Waals surface area contributed by atoms with Gasteiger partial charge < -0.3 is 20.5 Å². The van der Waals surface area contributed by atoms with Crippen LogP contribution in [0.15, 0.2) is 59.5 Å². The Balaban J connectivity index is 1.44. The first-order valence-corrected chi connectivity index (χ1v) is 12.1. The maximum absolute atomic E-state index is 12.8. The summed E-state index contributed by atoms with van der Waals surface area (Å²) in [5, 5.41) is 5.52. The van der Waals surface area contributed by atoms with Crippen molar-refractivity contribution in [3.63, 3.8) is 0 Å². The molecule has 0 atom stereocenters. The number of aryl methyl sites for hydroxylation is 1. The van der Waals surface area contributed by atoms with E-state index in [-0.39, 0.29) is 23.1 Å². The van der Waals surface area contributed by atoms with Crippen molar-refractivity contribution >= 4 is 23.2 Å². The van der Waals surface area contributed by atoms with Gasteiger partial charge in [0, 0.05) is 55.3 Å². The molecule has 3 N–H and O–H groups in total. The Bertz CT molecular complexity index is 1230. The number of nitrogens with one attached hydrogen (secondary N) is 3. The van der Waals surface area contributed by atoms with Crippen LogP contribution in [0.2, 0.25) is 0 Å². The maximum Gasteiger partial charge on any atom is 0.271 e. The Morgan fingerprint density at radius 2 is 1.83 bits per heavy atom. The van der Waals surface area contributed by atoms with E-state index < -0.39 is 0 Å². The van der Waals surface area contributed by atoms with E-state index in [0.29, 0.717) is 29.8 Å². The molecule has 1 fully saturated rings. The van der Waals surface area contributed by atoms with Crippen LogP contribution in [-0.2, 0) is 11.2 Å². The molecule has 0 saturated carbocycles. The van der Waals surface area contributed by atoms with E-state index in [0.717, 1.165) is 30.9 Å². The molecule has 8 nitrogen and oxygen atoms in total. The Morgan fingerprint density at radius 1 is 1.06 bits per heavy atom. The second-order valence-corrected chi connectivity index (χ2v) is 8.78. The summed E-state index contributed by atoms with van der Waals surface area (Å²) in [6, 6.07) is 14.8. The third-order valence-corrected chi connectivity index (χ3v) is 6.09. The topological polar surface area (TPSA) is 107 Å². The van der Waals surface area contributed by atoms with Gasteiger partial charge in [0.1, 0.15) is 5.69 Å². The number of carbonyl (C=O) groups is 2. The van der Waals surface area contributed by atoms with Gasteiger partial charge in [-0.3, -0.25) is 19.4 Å². The van der Waals surface area contributed by atoms with Crippen molar-refractivity contribution in [2.24, 2.45) is 0 Å². The van der Waals surface area contributed by atoms with Crippen molar-refractivity contribution in [2.75, 3.05) is 29.9 Å². The van der Waals surface area contributed by atoms with E-state index in [4.69, 9.17) is 0 Å². The number of amides is 2.